The third kappa shape index (κ3) is 4.24. The summed E-state index contributed by atoms with van der Waals surface area (Å²) in [5, 5.41) is 10.4. The van der Waals surface area contributed by atoms with E-state index in [0.29, 0.717) is 25.3 Å². The largest absolute Gasteiger partial charge is 0.504 e. The minimum Gasteiger partial charge on any atom is -0.504 e. The summed E-state index contributed by atoms with van der Waals surface area (Å²) < 4.78 is 8.75. The molecule has 0 bridgehead atoms. The monoisotopic (exact) mass is 620 g/mol. The molecule has 7 heteroatoms. The van der Waals surface area contributed by atoms with Gasteiger partial charge in [0, 0.05) is 5.56 Å². The van der Waals surface area contributed by atoms with Crippen molar-refractivity contribution in [2.45, 2.75) is 32.7 Å². The van der Waals surface area contributed by atoms with Gasteiger partial charge in [0.15, 0.2) is 16.3 Å². The Balaban J connectivity index is 1.59. The first kappa shape index (κ1) is 24.2. The molecule has 3 aromatic carbocycles. The van der Waals surface area contributed by atoms with Gasteiger partial charge < -0.3 is 9.84 Å². The lowest BCUT2D eigenvalue weighted by atomic mass is 9.83. The van der Waals surface area contributed by atoms with Crippen LogP contribution in [-0.4, -0.2) is 16.3 Å². The number of phenols is 1. The number of hydrogen-bond donors (Lipinski definition) is 1. The Bertz CT molecular complexity index is 1750. The third-order valence-corrected chi connectivity index (χ3v) is 8.72. The normalized spacial score (nSPS) is 16.6. The van der Waals surface area contributed by atoms with Crippen LogP contribution in [0, 0.1) is 10.5 Å². The number of fused-ring (bicyclic) bond motifs is 3. The second kappa shape index (κ2) is 9.61. The molecule has 0 radical (unpaired) electrons. The van der Waals surface area contributed by atoms with Crippen LogP contribution < -0.4 is 19.6 Å². The van der Waals surface area contributed by atoms with Crippen molar-refractivity contribution >= 4 is 45.7 Å². The second-order valence-electron chi connectivity index (χ2n) is 9.31. The Hall–Kier alpha value is -3.17. The molecule has 1 unspecified atom stereocenters. The van der Waals surface area contributed by atoms with E-state index in [9.17, 15) is 9.90 Å². The Labute approximate surface area is 232 Å². The number of ether oxygens (including phenoxy) is 1. The number of thiazole rings is 1. The molecule has 0 saturated carbocycles. The summed E-state index contributed by atoms with van der Waals surface area (Å²) in [6.45, 7) is 4.40. The van der Waals surface area contributed by atoms with Crippen LogP contribution >= 0.6 is 33.9 Å². The van der Waals surface area contributed by atoms with Gasteiger partial charge in [-0.25, -0.2) is 4.99 Å². The van der Waals surface area contributed by atoms with Crippen LogP contribution in [0.5, 0.6) is 11.5 Å². The molecule has 0 amide bonds. The van der Waals surface area contributed by atoms with Crippen molar-refractivity contribution in [2.75, 3.05) is 6.61 Å². The molecular formula is C30H25IN2O3S. The molecule has 6 rings (SSSR count). The zero-order valence-corrected chi connectivity index (χ0v) is 23.5. The van der Waals surface area contributed by atoms with Crippen molar-refractivity contribution in [3.8, 4) is 11.5 Å². The lowest BCUT2D eigenvalue weighted by Gasteiger charge is -2.30. The molecule has 1 aromatic heterocycles. The van der Waals surface area contributed by atoms with Gasteiger partial charge in [-0.05, 0) is 89.8 Å². The van der Waals surface area contributed by atoms with E-state index in [1.54, 1.807) is 6.07 Å². The summed E-state index contributed by atoms with van der Waals surface area (Å²) in [5.74, 6) is 0.532. The SMILES string of the molecule is CCOc1cc(C=c2sc3n(c2=O)C(c2ccc(C)cc2)C2=C(N=3)c3ccccc3CC2)cc(I)c1O. The predicted octanol–water partition coefficient (Wildman–Crippen LogP) is 5.34. The third-order valence-electron chi connectivity index (χ3n) is 6.91. The molecule has 5 nitrogen and oxygen atoms in total. The van der Waals surface area contributed by atoms with E-state index in [2.05, 4.69) is 78.0 Å². The van der Waals surface area contributed by atoms with Gasteiger partial charge in [-0.15, -0.1) is 0 Å². The summed E-state index contributed by atoms with van der Waals surface area (Å²) in [6, 6.07) is 20.4. The average molecular weight is 621 g/mol. The molecule has 1 aliphatic carbocycles. The highest BCUT2D eigenvalue weighted by Crippen LogP contribution is 2.41. The highest BCUT2D eigenvalue weighted by atomic mass is 127. The highest BCUT2D eigenvalue weighted by Gasteiger charge is 2.32. The summed E-state index contributed by atoms with van der Waals surface area (Å²) in [5.41, 5.74) is 7.68. The van der Waals surface area contributed by atoms with E-state index in [1.807, 2.05) is 23.6 Å². The molecule has 186 valence electrons. The smallest absolute Gasteiger partial charge is 0.271 e. The maximum Gasteiger partial charge on any atom is 0.271 e. The van der Waals surface area contributed by atoms with Crippen molar-refractivity contribution in [3.63, 3.8) is 0 Å². The predicted molar refractivity (Wildman–Crippen MR) is 156 cm³/mol. The maximum atomic E-state index is 13.9. The maximum absolute atomic E-state index is 13.9. The first-order valence-electron chi connectivity index (χ1n) is 12.3. The number of halogens is 1. The minimum absolute atomic E-state index is 0.0548. The van der Waals surface area contributed by atoms with Gasteiger partial charge in [0.2, 0.25) is 0 Å². The number of rotatable bonds is 4. The quantitative estimate of drug-likeness (QED) is 0.314. The van der Waals surface area contributed by atoms with Crippen molar-refractivity contribution in [3.05, 3.63) is 117 Å². The molecule has 1 N–H and O–H groups in total. The van der Waals surface area contributed by atoms with Gasteiger partial charge in [0.1, 0.15) is 0 Å². The summed E-state index contributed by atoms with van der Waals surface area (Å²) >= 11 is 3.49. The van der Waals surface area contributed by atoms with Crippen LogP contribution in [0.2, 0.25) is 0 Å². The number of aromatic hydroxyl groups is 1. The van der Waals surface area contributed by atoms with Crippen molar-refractivity contribution < 1.29 is 9.84 Å². The number of benzene rings is 3. The fraction of sp³-hybridized carbons (Fsp3) is 0.200. The highest BCUT2D eigenvalue weighted by molar-refractivity contribution is 14.1. The van der Waals surface area contributed by atoms with Gasteiger partial charge >= 0.3 is 0 Å². The van der Waals surface area contributed by atoms with E-state index in [-0.39, 0.29) is 17.4 Å². The molecule has 0 saturated heterocycles. The zero-order chi connectivity index (χ0) is 25.7. The Morgan fingerprint density at radius 2 is 1.95 bits per heavy atom. The van der Waals surface area contributed by atoms with E-state index >= 15 is 0 Å². The Morgan fingerprint density at radius 3 is 2.73 bits per heavy atom. The topological polar surface area (TPSA) is 63.8 Å². The Kier molecular flexibility index (Phi) is 6.28. The molecule has 0 spiro atoms. The van der Waals surface area contributed by atoms with E-state index in [4.69, 9.17) is 9.73 Å². The van der Waals surface area contributed by atoms with Gasteiger partial charge in [-0.3, -0.25) is 9.36 Å². The number of allylic oxidation sites excluding steroid dienone is 1. The minimum atomic E-state index is -0.193. The first-order valence-corrected chi connectivity index (χ1v) is 14.2. The van der Waals surface area contributed by atoms with Crippen LogP contribution in [0.3, 0.4) is 0 Å². The molecule has 1 aliphatic heterocycles. The molecule has 2 aliphatic rings. The number of nitrogens with zero attached hydrogens (tertiary/aromatic N) is 2. The summed E-state index contributed by atoms with van der Waals surface area (Å²) in [7, 11) is 0. The van der Waals surface area contributed by atoms with Crippen molar-refractivity contribution in [1.82, 2.24) is 4.57 Å². The number of aryl methyl sites for hydroxylation is 2. The second-order valence-corrected chi connectivity index (χ2v) is 11.5. The van der Waals surface area contributed by atoms with Gasteiger partial charge in [-0.1, -0.05) is 65.4 Å². The molecule has 2 heterocycles. The molecule has 0 fully saturated rings. The van der Waals surface area contributed by atoms with Crippen LogP contribution in [0.15, 0.2) is 76.0 Å². The van der Waals surface area contributed by atoms with Crippen molar-refractivity contribution in [2.24, 2.45) is 4.99 Å². The summed E-state index contributed by atoms with van der Waals surface area (Å²) in [6.07, 6.45) is 3.67. The van der Waals surface area contributed by atoms with Crippen LogP contribution in [0.1, 0.15) is 47.2 Å². The number of phenolic OH excluding ortho intramolecular Hbond substituents is 1. The number of hydrogen-bond acceptors (Lipinski definition) is 5. The zero-order valence-electron chi connectivity index (χ0n) is 20.5. The van der Waals surface area contributed by atoms with Gasteiger partial charge in [-0.2, -0.15) is 0 Å². The van der Waals surface area contributed by atoms with E-state index in [0.717, 1.165) is 35.2 Å². The van der Waals surface area contributed by atoms with Crippen molar-refractivity contribution in [1.29, 1.82) is 0 Å². The fourth-order valence-electron chi connectivity index (χ4n) is 5.17. The standard InChI is InChI=1S/C30H25IN2O3S/c1-3-36-24-15-18(14-23(31)28(24)34)16-25-29(35)33-27(20-10-8-17(2)9-11-20)22-13-12-19-6-4-5-7-21(19)26(22)32-30(33)37-25/h4-11,14-16,27,34H,3,12-13H2,1-2H3. The summed E-state index contributed by atoms with van der Waals surface area (Å²) in [4.78, 5) is 19.7. The molecule has 37 heavy (non-hydrogen) atoms. The van der Waals surface area contributed by atoms with Gasteiger partial charge in [0.05, 0.1) is 26.4 Å². The molecule has 4 aromatic rings. The lowest BCUT2D eigenvalue weighted by molar-refractivity contribution is 0.317. The van der Waals surface area contributed by atoms with E-state index in [1.165, 1.54) is 28.0 Å². The average Bonchev–Trinajstić information content (AvgIpc) is 3.20. The number of aromatic nitrogens is 1. The Morgan fingerprint density at radius 1 is 1.16 bits per heavy atom. The fourth-order valence-corrected chi connectivity index (χ4v) is 6.79. The van der Waals surface area contributed by atoms with Gasteiger partial charge in [0.25, 0.3) is 5.56 Å². The molecule has 1 atom stereocenters. The van der Waals surface area contributed by atoms with Crippen LogP contribution in [-0.2, 0) is 6.42 Å². The molecular weight excluding hydrogens is 595 g/mol. The lowest BCUT2D eigenvalue weighted by Crippen LogP contribution is -2.38. The van der Waals surface area contributed by atoms with Crippen LogP contribution in [0.4, 0.5) is 0 Å². The van der Waals surface area contributed by atoms with E-state index < -0.39 is 0 Å². The first-order chi connectivity index (χ1) is 17.9. The van der Waals surface area contributed by atoms with Crippen LogP contribution in [0.25, 0.3) is 11.8 Å².